The molecule has 0 bridgehead atoms. The maximum Gasteiger partial charge on any atom is 0.286 e. The second-order valence-corrected chi connectivity index (χ2v) is 9.78. The fourth-order valence-electron chi connectivity index (χ4n) is 4.10. The Balaban J connectivity index is 1.41. The van der Waals surface area contributed by atoms with Crippen molar-refractivity contribution in [3.63, 3.8) is 0 Å². The van der Waals surface area contributed by atoms with Crippen molar-refractivity contribution in [3.8, 4) is 17.2 Å². The molecule has 0 radical (unpaired) electrons. The van der Waals surface area contributed by atoms with Crippen molar-refractivity contribution in [3.05, 3.63) is 52.1 Å². The van der Waals surface area contributed by atoms with E-state index >= 15 is 0 Å². The average molecular weight is 442 g/mol. The number of imide groups is 1. The minimum absolute atomic E-state index is 0.230. The Morgan fingerprint density at radius 1 is 1.16 bits per heavy atom. The number of phenolic OH excluding ortho intramolecular Hbond substituents is 1. The van der Waals surface area contributed by atoms with Gasteiger partial charge < -0.3 is 14.6 Å². The molecule has 164 valence electrons. The third-order valence-electron chi connectivity index (χ3n) is 6.25. The Bertz CT molecular complexity index is 1050. The normalized spacial score (nSPS) is 22.6. The van der Waals surface area contributed by atoms with Crippen LogP contribution in [0.5, 0.6) is 17.2 Å². The zero-order valence-corrected chi connectivity index (χ0v) is 19.0. The SMILES string of the molecule is Cc1c(C)c2c(c(C)c1O)CC[C@@](C)(COc1ccc(C[C@H]3SC(=O)NC3=O)cc1)O2. The van der Waals surface area contributed by atoms with Gasteiger partial charge in [0.05, 0.1) is 5.25 Å². The third-order valence-corrected chi connectivity index (χ3v) is 7.23. The predicted octanol–water partition coefficient (Wildman–Crippen LogP) is 4.37. The van der Waals surface area contributed by atoms with Gasteiger partial charge in [-0.2, -0.15) is 0 Å². The Kier molecular flexibility index (Phi) is 5.64. The predicted molar refractivity (Wildman–Crippen MR) is 120 cm³/mol. The molecule has 2 N–H and O–H groups in total. The number of aromatic hydroxyl groups is 1. The molecule has 1 fully saturated rings. The van der Waals surface area contributed by atoms with Crippen molar-refractivity contribution in [2.24, 2.45) is 0 Å². The van der Waals surface area contributed by atoms with E-state index in [0.717, 1.165) is 63.9 Å². The van der Waals surface area contributed by atoms with Gasteiger partial charge in [0, 0.05) is 5.56 Å². The lowest BCUT2D eigenvalue weighted by atomic mass is 9.87. The molecule has 6 nitrogen and oxygen atoms in total. The fraction of sp³-hybridized carbons (Fsp3) is 0.417. The molecule has 2 heterocycles. The van der Waals surface area contributed by atoms with Crippen LogP contribution < -0.4 is 14.8 Å². The number of phenols is 1. The first kappa shape index (κ1) is 21.6. The lowest BCUT2D eigenvalue weighted by molar-refractivity contribution is -0.118. The van der Waals surface area contributed by atoms with Gasteiger partial charge in [0.2, 0.25) is 5.91 Å². The third kappa shape index (κ3) is 4.24. The van der Waals surface area contributed by atoms with Gasteiger partial charge >= 0.3 is 0 Å². The van der Waals surface area contributed by atoms with Crippen LogP contribution in [0.3, 0.4) is 0 Å². The summed E-state index contributed by atoms with van der Waals surface area (Å²) in [5.41, 5.74) is 4.31. The van der Waals surface area contributed by atoms with E-state index in [9.17, 15) is 14.7 Å². The Labute approximate surface area is 186 Å². The lowest BCUT2D eigenvalue weighted by Gasteiger charge is -2.37. The molecule has 0 saturated carbocycles. The molecule has 0 unspecified atom stereocenters. The Morgan fingerprint density at radius 3 is 2.52 bits per heavy atom. The van der Waals surface area contributed by atoms with Gasteiger partial charge in [-0.3, -0.25) is 14.9 Å². The topological polar surface area (TPSA) is 84.9 Å². The molecule has 1 saturated heterocycles. The largest absolute Gasteiger partial charge is 0.507 e. The molecule has 7 heteroatoms. The highest BCUT2D eigenvalue weighted by molar-refractivity contribution is 8.15. The van der Waals surface area contributed by atoms with Crippen LogP contribution in [0.15, 0.2) is 24.3 Å². The molecular weight excluding hydrogens is 414 g/mol. The molecule has 0 spiro atoms. The number of carbonyl (C=O) groups excluding carboxylic acids is 2. The zero-order chi connectivity index (χ0) is 22.3. The number of amides is 2. The minimum Gasteiger partial charge on any atom is -0.507 e. The number of hydrogen-bond acceptors (Lipinski definition) is 6. The van der Waals surface area contributed by atoms with E-state index in [4.69, 9.17) is 9.47 Å². The van der Waals surface area contributed by atoms with Crippen LogP contribution in [0.1, 0.15) is 41.2 Å². The summed E-state index contributed by atoms with van der Waals surface area (Å²) >= 11 is 1.04. The molecule has 0 aromatic heterocycles. The first-order chi connectivity index (χ1) is 14.7. The molecule has 2 atom stereocenters. The van der Waals surface area contributed by atoms with E-state index in [2.05, 4.69) is 5.32 Å². The monoisotopic (exact) mass is 441 g/mol. The highest BCUT2D eigenvalue weighted by atomic mass is 32.2. The van der Waals surface area contributed by atoms with Crippen molar-refractivity contribution in [2.45, 2.75) is 57.8 Å². The number of hydrogen-bond donors (Lipinski definition) is 2. The smallest absolute Gasteiger partial charge is 0.286 e. The molecule has 2 aromatic carbocycles. The van der Waals surface area contributed by atoms with Crippen LogP contribution in [0.4, 0.5) is 4.79 Å². The number of ether oxygens (including phenoxy) is 2. The van der Waals surface area contributed by atoms with Crippen molar-refractivity contribution < 1.29 is 24.2 Å². The quantitative estimate of drug-likeness (QED) is 0.717. The van der Waals surface area contributed by atoms with E-state index in [0.29, 0.717) is 18.8 Å². The number of nitrogens with one attached hydrogen (secondary N) is 1. The van der Waals surface area contributed by atoms with Gasteiger partial charge in [-0.05, 0) is 81.3 Å². The summed E-state index contributed by atoms with van der Waals surface area (Å²) in [6.45, 7) is 8.28. The Morgan fingerprint density at radius 2 is 1.87 bits per heavy atom. The highest BCUT2D eigenvalue weighted by Gasteiger charge is 2.35. The van der Waals surface area contributed by atoms with Gasteiger partial charge in [-0.1, -0.05) is 23.9 Å². The summed E-state index contributed by atoms with van der Waals surface area (Å²) in [6, 6.07) is 7.61. The summed E-state index contributed by atoms with van der Waals surface area (Å²) in [5.74, 6) is 1.72. The van der Waals surface area contributed by atoms with Crippen molar-refractivity contribution in [2.75, 3.05) is 6.61 Å². The van der Waals surface area contributed by atoms with Crippen LogP contribution in [-0.2, 0) is 17.6 Å². The Hall–Kier alpha value is -2.67. The molecule has 4 rings (SSSR count). The van der Waals surface area contributed by atoms with E-state index in [1.807, 2.05) is 52.0 Å². The fourth-order valence-corrected chi connectivity index (χ4v) is 4.96. The molecule has 31 heavy (non-hydrogen) atoms. The summed E-state index contributed by atoms with van der Waals surface area (Å²) in [7, 11) is 0. The zero-order valence-electron chi connectivity index (χ0n) is 18.2. The van der Waals surface area contributed by atoms with Crippen LogP contribution in [0.2, 0.25) is 0 Å². The maximum atomic E-state index is 11.7. The standard InChI is InChI=1S/C24H27NO5S/c1-13-14(2)21-18(15(3)20(13)26)9-10-24(4,30-21)12-29-17-7-5-16(6-8-17)11-19-22(27)25-23(28)31-19/h5-8,19,26H,9-12H2,1-4H3,(H,25,27,28)/t19-,24+/m1/s1. The van der Waals surface area contributed by atoms with E-state index in [1.165, 1.54) is 0 Å². The van der Waals surface area contributed by atoms with Crippen LogP contribution in [-0.4, -0.2) is 33.7 Å². The number of carbonyl (C=O) groups is 2. The second-order valence-electron chi connectivity index (χ2n) is 8.60. The summed E-state index contributed by atoms with van der Waals surface area (Å²) < 4.78 is 12.4. The lowest BCUT2D eigenvalue weighted by Crippen LogP contribution is -2.42. The highest BCUT2D eigenvalue weighted by Crippen LogP contribution is 2.43. The minimum atomic E-state index is -0.467. The molecule has 2 amide bonds. The average Bonchev–Trinajstić information content (AvgIpc) is 3.06. The van der Waals surface area contributed by atoms with Gasteiger partial charge in [0.15, 0.2) is 0 Å². The summed E-state index contributed by atoms with van der Waals surface area (Å²) in [5, 5.41) is 12.0. The maximum absolute atomic E-state index is 11.7. The van der Waals surface area contributed by atoms with Crippen molar-refractivity contribution >= 4 is 22.9 Å². The number of fused-ring (bicyclic) bond motifs is 1. The van der Waals surface area contributed by atoms with Gasteiger partial charge in [0.1, 0.15) is 29.5 Å². The molecule has 2 aromatic rings. The van der Waals surface area contributed by atoms with Crippen LogP contribution >= 0.6 is 11.8 Å². The molecular formula is C24H27NO5S. The number of rotatable bonds is 5. The first-order valence-electron chi connectivity index (χ1n) is 10.4. The summed E-state index contributed by atoms with van der Waals surface area (Å²) in [4.78, 5) is 23.0. The van der Waals surface area contributed by atoms with E-state index in [1.54, 1.807) is 0 Å². The first-order valence-corrected chi connectivity index (χ1v) is 11.3. The number of thioether (sulfide) groups is 1. The van der Waals surface area contributed by atoms with Crippen LogP contribution in [0.25, 0.3) is 0 Å². The van der Waals surface area contributed by atoms with E-state index in [-0.39, 0.29) is 16.4 Å². The second kappa shape index (κ2) is 8.11. The van der Waals surface area contributed by atoms with E-state index < -0.39 is 5.60 Å². The van der Waals surface area contributed by atoms with Gasteiger partial charge in [-0.15, -0.1) is 0 Å². The summed E-state index contributed by atoms with van der Waals surface area (Å²) in [6.07, 6.45) is 2.13. The molecule has 2 aliphatic rings. The van der Waals surface area contributed by atoms with Gasteiger partial charge in [-0.25, -0.2) is 0 Å². The van der Waals surface area contributed by atoms with Gasteiger partial charge in [0.25, 0.3) is 5.24 Å². The molecule has 0 aliphatic carbocycles. The van der Waals surface area contributed by atoms with Crippen molar-refractivity contribution in [1.82, 2.24) is 5.32 Å². The molecule has 2 aliphatic heterocycles. The van der Waals surface area contributed by atoms with Crippen LogP contribution in [0, 0.1) is 20.8 Å². The van der Waals surface area contributed by atoms with Crippen molar-refractivity contribution in [1.29, 1.82) is 0 Å². The number of benzene rings is 2.